The van der Waals surface area contributed by atoms with Gasteiger partial charge in [-0.15, -0.1) is 0 Å². The Hall–Kier alpha value is -6.62. The third kappa shape index (κ3) is 6.28. The highest BCUT2D eigenvalue weighted by Crippen LogP contribution is 2.49. The zero-order chi connectivity index (χ0) is 39.1. The van der Waals surface area contributed by atoms with Crippen LogP contribution in [0.2, 0.25) is 0 Å². The zero-order valence-electron chi connectivity index (χ0n) is 33.1. The van der Waals surface area contributed by atoms with E-state index in [-0.39, 0.29) is 0 Å². The molecule has 0 fully saturated rings. The van der Waals surface area contributed by atoms with E-state index in [4.69, 9.17) is 6.57 Å². The minimum absolute atomic E-state index is 0.425. The number of hydrogen-bond acceptors (Lipinski definition) is 3. The first-order valence-electron chi connectivity index (χ1n) is 19.8. The predicted molar refractivity (Wildman–Crippen MR) is 237 cm³/mol. The Kier molecular flexibility index (Phi) is 9.67. The van der Waals surface area contributed by atoms with Gasteiger partial charge in [-0.05, 0) is 141 Å². The molecule has 0 atom stereocenters. The predicted octanol–water partition coefficient (Wildman–Crippen LogP) is 15.3. The highest BCUT2D eigenvalue weighted by atomic mass is 15.1. The molecule has 56 heavy (non-hydrogen) atoms. The third-order valence-electron chi connectivity index (χ3n) is 11.4. The van der Waals surface area contributed by atoms with E-state index < -0.39 is 0 Å². The molecule has 0 aliphatic heterocycles. The van der Waals surface area contributed by atoms with Gasteiger partial charge in [0, 0.05) is 33.5 Å². The highest BCUT2D eigenvalue weighted by Gasteiger charge is 2.24. The SMILES string of the molecule is [C-]#[N+]c1ccc(N(c2ccc(C(C)C)cc2)c2cc(CC)c3ccc4c(N(c5ccc(C#N)cc5)c5ccc(C(C)C)cc5)cc(CC)c5ccc2c3c54)cc1. The Morgan fingerprint density at radius 1 is 0.518 bits per heavy atom. The smallest absolute Gasteiger partial charge is 0.187 e. The Labute approximate surface area is 331 Å². The molecule has 4 heteroatoms. The molecular weight excluding hydrogens is 681 g/mol. The lowest BCUT2D eigenvalue weighted by Gasteiger charge is -2.31. The van der Waals surface area contributed by atoms with Gasteiger partial charge in [0.1, 0.15) is 0 Å². The van der Waals surface area contributed by atoms with E-state index in [9.17, 15) is 5.26 Å². The van der Waals surface area contributed by atoms with Crippen molar-refractivity contribution in [1.29, 1.82) is 5.26 Å². The summed E-state index contributed by atoms with van der Waals surface area (Å²) in [5.74, 6) is 0.851. The molecule has 0 N–H and O–H groups in total. The lowest BCUT2D eigenvalue weighted by molar-refractivity contribution is 0.866. The van der Waals surface area contributed by atoms with Crippen molar-refractivity contribution < 1.29 is 0 Å². The summed E-state index contributed by atoms with van der Waals surface area (Å²) >= 11 is 0. The summed E-state index contributed by atoms with van der Waals surface area (Å²) < 4.78 is 0. The number of rotatable bonds is 10. The van der Waals surface area contributed by atoms with Crippen LogP contribution in [-0.2, 0) is 12.8 Å². The lowest BCUT2D eigenvalue weighted by Crippen LogP contribution is -2.13. The quantitative estimate of drug-likeness (QED) is 0.104. The Morgan fingerprint density at radius 2 is 0.875 bits per heavy atom. The van der Waals surface area contributed by atoms with Gasteiger partial charge in [-0.1, -0.05) is 102 Å². The topological polar surface area (TPSA) is 34.6 Å². The van der Waals surface area contributed by atoms with Crippen LogP contribution < -0.4 is 9.80 Å². The number of aryl methyl sites for hydroxylation is 2. The van der Waals surface area contributed by atoms with E-state index in [1.54, 1.807) is 0 Å². The Bertz CT molecular complexity index is 2570. The number of anilines is 6. The van der Waals surface area contributed by atoms with Gasteiger partial charge in [0.2, 0.25) is 0 Å². The maximum Gasteiger partial charge on any atom is 0.187 e. The number of hydrogen-bond donors (Lipinski definition) is 0. The third-order valence-corrected chi connectivity index (χ3v) is 11.4. The average Bonchev–Trinajstić information content (AvgIpc) is 3.24. The van der Waals surface area contributed by atoms with E-state index in [0.29, 0.717) is 23.1 Å². The van der Waals surface area contributed by atoms with E-state index >= 15 is 0 Å². The van der Waals surface area contributed by atoms with E-state index in [1.165, 1.54) is 54.6 Å². The van der Waals surface area contributed by atoms with Crippen LogP contribution in [0.4, 0.5) is 39.8 Å². The minimum Gasteiger partial charge on any atom is -0.310 e. The van der Waals surface area contributed by atoms with Gasteiger partial charge >= 0.3 is 0 Å². The van der Waals surface area contributed by atoms with Gasteiger partial charge in [-0.3, -0.25) is 0 Å². The summed E-state index contributed by atoms with van der Waals surface area (Å²) in [7, 11) is 0. The molecule has 0 aliphatic rings. The summed E-state index contributed by atoms with van der Waals surface area (Å²) in [5, 5.41) is 17.1. The fourth-order valence-corrected chi connectivity index (χ4v) is 8.29. The molecule has 0 aromatic heterocycles. The van der Waals surface area contributed by atoms with Gasteiger partial charge in [-0.2, -0.15) is 5.26 Å². The Balaban J connectivity index is 1.45. The minimum atomic E-state index is 0.425. The van der Waals surface area contributed by atoms with Crippen LogP contribution in [0.15, 0.2) is 133 Å². The van der Waals surface area contributed by atoms with Gasteiger partial charge in [0.15, 0.2) is 5.69 Å². The number of nitrogens with zero attached hydrogens (tertiary/aromatic N) is 4. The van der Waals surface area contributed by atoms with Gasteiger partial charge in [0.25, 0.3) is 0 Å². The summed E-state index contributed by atoms with van der Waals surface area (Å²) in [6, 6.07) is 50.1. The maximum absolute atomic E-state index is 9.68. The van der Waals surface area contributed by atoms with E-state index in [2.05, 4.69) is 171 Å². The monoisotopic (exact) mass is 726 g/mol. The molecule has 0 amide bonds. The molecule has 0 bridgehead atoms. The lowest BCUT2D eigenvalue weighted by atomic mass is 9.86. The molecule has 8 aromatic carbocycles. The first-order chi connectivity index (χ1) is 27.2. The molecule has 0 heterocycles. The first kappa shape index (κ1) is 36.4. The number of benzene rings is 8. The van der Waals surface area contributed by atoms with Crippen molar-refractivity contribution in [2.24, 2.45) is 0 Å². The molecular formula is C52H46N4. The second-order valence-corrected chi connectivity index (χ2v) is 15.3. The van der Waals surface area contributed by atoms with E-state index in [0.717, 1.165) is 47.0 Å². The maximum atomic E-state index is 9.68. The summed E-state index contributed by atoms with van der Waals surface area (Å²) in [6.07, 6.45) is 1.76. The zero-order valence-corrected chi connectivity index (χ0v) is 33.1. The molecule has 0 saturated heterocycles. The normalized spacial score (nSPS) is 11.5. The van der Waals surface area contributed by atoms with Crippen LogP contribution in [0.5, 0.6) is 0 Å². The van der Waals surface area contributed by atoms with Crippen LogP contribution in [0.25, 0.3) is 37.2 Å². The molecule has 0 spiro atoms. The van der Waals surface area contributed by atoms with Gasteiger partial charge < -0.3 is 9.80 Å². The van der Waals surface area contributed by atoms with Crippen LogP contribution >= 0.6 is 0 Å². The van der Waals surface area contributed by atoms with E-state index in [1.807, 2.05) is 24.3 Å². The van der Waals surface area contributed by atoms with Crippen molar-refractivity contribution in [2.45, 2.75) is 66.2 Å². The summed E-state index contributed by atoms with van der Waals surface area (Å²) in [6.45, 7) is 21.0. The first-order valence-corrected chi connectivity index (χ1v) is 19.8. The van der Waals surface area contributed by atoms with Crippen LogP contribution in [0.1, 0.15) is 81.2 Å². The molecule has 0 aliphatic carbocycles. The highest BCUT2D eigenvalue weighted by molar-refractivity contribution is 6.29. The van der Waals surface area contributed by atoms with Crippen molar-refractivity contribution >= 4 is 72.1 Å². The second kappa shape index (κ2) is 14.9. The van der Waals surface area contributed by atoms with Crippen molar-refractivity contribution in [3.05, 3.63) is 173 Å². The molecule has 0 saturated carbocycles. The standard InChI is InChI=1S/C52H46N4/c1-8-36-30-49(55(41-18-10-35(32-53)11-19-41)42-20-12-38(13-21-42)33(3)4)47-28-26-46-37(9-2)31-50(48-29-27-45(36)51(47)52(46)48)56(44-24-16-40(54-7)17-25-44)43-22-14-39(15-23-43)34(5)6/h10-31,33-34H,8-9H2,1-6H3. The van der Waals surface area contributed by atoms with Gasteiger partial charge in [-0.25, -0.2) is 4.85 Å². The van der Waals surface area contributed by atoms with Crippen LogP contribution in [0.3, 0.4) is 0 Å². The van der Waals surface area contributed by atoms with Crippen LogP contribution in [0, 0.1) is 17.9 Å². The van der Waals surface area contributed by atoms with Gasteiger partial charge in [0.05, 0.1) is 29.6 Å². The summed E-state index contributed by atoms with van der Waals surface area (Å²) in [4.78, 5) is 8.42. The van der Waals surface area contributed by atoms with Crippen molar-refractivity contribution in [2.75, 3.05) is 9.80 Å². The second-order valence-electron chi connectivity index (χ2n) is 15.3. The molecule has 4 nitrogen and oxygen atoms in total. The van der Waals surface area contributed by atoms with Crippen molar-refractivity contribution in [3.63, 3.8) is 0 Å². The fourth-order valence-electron chi connectivity index (χ4n) is 8.29. The molecule has 274 valence electrons. The van der Waals surface area contributed by atoms with Crippen molar-refractivity contribution in [1.82, 2.24) is 0 Å². The number of nitriles is 1. The average molecular weight is 727 g/mol. The fraction of sp³-hybridized carbons (Fsp3) is 0.192. The largest absolute Gasteiger partial charge is 0.310 e. The molecule has 0 unspecified atom stereocenters. The molecule has 0 radical (unpaired) electrons. The van der Waals surface area contributed by atoms with Crippen molar-refractivity contribution in [3.8, 4) is 6.07 Å². The molecule has 8 rings (SSSR count). The molecule has 8 aromatic rings. The van der Waals surface area contributed by atoms with Crippen LogP contribution in [-0.4, -0.2) is 0 Å². The Morgan fingerprint density at radius 3 is 1.21 bits per heavy atom. The summed E-state index contributed by atoms with van der Waals surface area (Å²) in [5.41, 5.74) is 12.8.